The average molecular weight is 279 g/mol. The summed E-state index contributed by atoms with van der Waals surface area (Å²) in [6.07, 6.45) is 1.50. The standard InChI is InChI=1S/C14H17NO3S/c1-10(11-5-4-8-19-11)13(16)15-9-14(2,17)12-6-3-7-18-12/h3-8,10,17H,9H2,1-2H3,(H,15,16). The summed E-state index contributed by atoms with van der Waals surface area (Å²) in [5.74, 6) is 0.123. The summed E-state index contributed by atoms with van der Waals surface area (Å²) in [6, 6.07) is 7.25. The predicted octanol–water partition coefficient (Wildman–Crippen LogP) is 2.47. The van der Waals surface area contributed by atoms with Crippen LogP contribution in [0.15, 0.2) is 40.3 Å². The fourth-order valence-corrected chi connectivity index (χ4v) is 2.53. The molecule has 2 unspecified atom stereocenters. The predicted molar refractivity (Wildman–Crippen MR) is 74.0 cm³/mol. The Labute approximate surface area is 116 Å². The Bertz CT molecular complexity index is 517. The van der Waals surface area contributed by atoms with Crippen LogP contribution in [0.3, 0.4) is 0 Å². The summed E-state index contributed by atoms with van der Waals surface area (Å²) in [4.78, 5) is 13.0. The molecule has 2 N–H and O–H groups in total. The lowest BCUT2D eigenvalue weighted by Crippen LogP contribution is -2.39. The zero-order valence-corrected chi connectivity index (χ0v) is 11.7. The van der Waals surface area contributed by atoms with Crippen molar-refractivity contribution in [1.82, 2.24) is 5.32 Å². The highest BCUT2D eigenvalue weighted by Crippen LogP contribution is 2.22. The Morgan fingerprint density at radius 3 is 2.89 bits per heavy atom. The molecule has 2 aromatic heterocycles. The largest absolute Gasteiger partial charge is 0.466 e. The Balaban J connectivity index is 1.94. The average Bonchev–Trinajstić information content (AvgIpc) is 3.06. The van der Waals surface area contributed by atoms with Gasteiger partial charge in [-0.05, 0) is 37.4 Å². The van der Waals surface area contributed by atoms with Gasteiger partial charge in [0.15, 0.2) is 0 Å². The van der Waals surface area contributed by atoms with Crippen LogP contribution in [0, 0.1) is 0 Å². The molecule has 4 nitrogen and oxygen atoms in total. The maximum atomic E-state index is 12.0. The first-order valence-corrected chi connectivity index (χ1v) is 6.96. The molecule has 0 saturated carbocycles. The van der Waals surface area contributed by atoms with Gasteiger partial charge < -0.3 is 14.8 Å². The van der Waals surface area contributed by atoms with E-state index in [0.717, 1.165) is 4.88 Å². The number of nitrogens with one attached hydrogen (secondary N) is 1. The van der Waals surface area contributed by atoms with Crippen LogP contribution in [0.1, 0.15) is 30.4 Å². The fourth-order valence-electron chi connectivity index (χ4n) is 1.75. The number of amides is 1. The molecule has 102 valence electrons. The van der Waals surface area contributed by atoms with Gasteiger partial charge in [0.2, 0.25) is 5.91 Å². The number of carbonyl (C=O) groups is 1. The Kier molecular flexibility index (Phi) is 4.07. The monoisotopic (exact) mass is 279 g/mol. The lowest BCUT2D eigenvalue weighted by Gasteiger charge is -2.22. The maximum absolute atomic E-state index is 12.0. The van der Waals surface area contributed by atoms with Crippen molar-refractivity contribution in [2.24, 2.45) is 0 Å². The van der Waals surface area contributed by atoms with Crippen molar-refractivity contribution in [2.75, 3.05) is 6.54 Å². The minimum absolute atomic E-state index is 0.103. The normalized spacial score (nSPS) is 15.7. The van der Waals surface area contributed by atoms with E-state index in [1.54, 1.807) is 30.4 Å². The molecule has 0 aliphatic carbocycles. The van der Waals surface area contributed by atoms with Crippen molar-refractivity contribution in [3.05, 3.63) is 46.5 Å². The van der Waals surface area contributed by atoms with Crippen LogP contribution >= 0.6 is 11.3 Å². The van der Waals surface area contributed by atoms with Gasteiger partial charge in [-0.25, -0.2) is 0 Å². The summed E-state index contributed by atoms with van der Waals surface area (Å²) in [7, 11) is 0. The molecule has 0 spiro atoms. The van der Waals surface area contributed by atoms with E-state index in [4.69, 9.17) is 4.42 Å². The quantitative estimate of drug-likeness (QED) is 0.883. The minimum Gasteiger partial charge on any atom is -0.466 e. The lowest BCUT2D eigenvalue weighted by molar-refractivity contribution is -0.123. The molecule has 2 aromatic rings. The van der Waals surface area contributed by atoms with Crippen LogP contribution in [0.2, 0.25) is 0 Å². The molecule has 2 rings (SSSR count). The van der Waals surface area contributed by atoms with Crippen LogP contribution < -0.4 is 5.32 Å². The SMILES string of the molecule is CC(C(=O)NCC(C)(O)c1ccco1)c1cccs1. The first-order chi connectivity index (χ1) is 9.00. The van der Waals surface area contributed by atoms with Crippen LogP contribution in [0.4, 0.5) is 0 Å². The molecule has 0 aromatic carbocycles. The van der Waals surface area contributed by atoms with Gasteiger partial charge >= 0.3 is 0 Å². The van der Waals surface area contributed by atoms with Crippen molar-refractivity contribution in [1.29, 1.82) is 0 Å². The summed E-state index contributed by atoms with van der Waals surface area (Å²) in [5, 5.41) is 14.9. The summed E-state index contributed by atoms with van der Waals surface area (Å²) >= 11 is 1.55. The molecule has 2 heterocycles. The smallest absolute Gasteiger partial charge is 0.228 e. The van der Waals surface area contributed by atoms with Gasteiger partial charge in [-0.15, -0.1) is 11.3 Å². The Morgan fingerprint density at radius 2 is 2.32 bits per heavy atom. The van der Waals surface area contributed by atoms with E-state index in [1.165, 1.54) is 6.26 Å². The summed E-state index contributed by atoms with van der Waals surface area (Å²) in [5.41, 5.74) is -1.20. The summed E-state index contributed by atoms with van der Waals surface area (Å²) < 4.78 is 5.16. The zero-order chi connectivity index (χ0) is 13.9. The summed E-state index contributed by atoms with van der Waals surface area (Å²) in [6.45, 7) is 3.58. The van der Waals surface area contributed by atoms with Gasteiger partial charge in [0.25, 0.3) is 0 Å². The third-order valence-corrected chi connectivity index (χ3v) is 4.08. The molecule has 0 aliphatic heterocycles. The first-order valence-electron chi connectivity index (χ1n) is 6.08. The van der Waals surface area contributed by atoms with Crippen molar-refractivity contribution < 1.29 is 14.3 Å². The van der Waals surface area contributed by atoms with Crippen LogP contribution in [-0.2, 0) is 10.4 Å². The number of furan rings is 1. The number of thiophene rings is 1. The second kappa shape index (κ2) is 5.59. The first kappa shape index (κ1) is 13.8. The molecule has 19 heavy (non-hydrogen) atoms. The van der Waals surface area contributed by atoms with E-state index in [-0.39, 0.29) is 18.4 Å². The van der Waals surface area contributed by atoms with Gasteiger partial charge in [0, 0.05) is 4.88 Å². The zero-order valence-electron chi connectivity index (χ0n) is 10.9. The molecule has 0 fully saturated rings. The molecule has 0 saturated heterocycles. The van der Waals surface area contributed by atoms with Crippen LogP contribution in [0.5, 0.6) is 0 Å². The molecular formula is C14H17NO3S. The van der Waals surface area contributed by atoms with E-state index in [9.17, 15) is 9.90 Å². The highest BCUT2D eigenvalue weighted by molar-refractivity contribution is 7.10. The van der Waals surface area contributed by atoms with E-state index >= 15 is 0 Å². The van der Waals surface area contributed by atoms with Gasteiger partial charge in [-0.1, -0.05) is 6.07 Å². The van der Waals surface area contributed by atoms with Crippen molar-refractivity contribution in [3.8, 4) is 0 Å². The molecule has 5 heteroatoms. The lowest BCUT2D eigenvalue weighted by atomic mass is 10.0. The van der Waals surface area contributed by atoms with Gasteiger partial charge in [0.1, 0.15) is 11.4 Å². The van der Waals surface area contributed by atoms with Gasteiger partial charge in [-0.2, -0.15) is 0 Å². The van der Waals surface area contributed by atoms with Crippen LogP contribution in [-0.4, -0.2) is 17.6 Å². The molecule has 0 bridgehead atoms. The molecule has 0 radical (unpaired) electrons. The van der Waals surface area contributed by atoms with E-state index in [2.05, 4.69) is 5.32 Å². The molecule has 0 aliphatic rings. The number of hydrogen-bond donors (Lipinski definition) is 2. The van der Waals surface area contributed by atoms with Crippen molar-refractivity contribution >= 4 is 17.2 Å². The van der Waals surface area contributed by atoms with E-state index < -0.39 is 5.60 Å². The topological polar surface area (TPSA) is 62.5 Å². The Hall–Kier alpha value is -1.59. The molecular weight excluding hydrogens is 262 g/mol. The van der Waals surface area contributed by atoms with E-state index in [0.29, 0.717) is 5.76 Å². The van der Waals surface area contributed by atoms with Crippen molar-refractivity contribution in [3.63, 3.8) is 0 Å². The second-order valence-electron chi connectivity index (χ2n) is 4.71. The number of hydrogen-bond acceptors (Lipinski definition) is 4. The highest BCUT2D eigenvalue weighted by atomic mass is 32.1. The van der Waals surface area contributed by atoms with Gasteiger partial charge in [0.05, 0.1) is 18.7 Å². The maximum Gasteiger partial charge on any atom is 0.228 e. The third kappa shape index (κ3) is 3.24. The van der Waals surface area contributed by atoms with Gasteiger partial charge in [-0.3, -0.25) is 4.79 Å². The fraction of sp³-hybridized carbons (Fsp3) is 0.357. The number of rotatable bonds is 5. The molecule has 1 amide bonds. The minimum atomic E-state index is -1.20. The second-order valence-corrected chi connectivity index (χ2v) is 5.69. The van der Waals surface area contributed by atoms with E-state index in [1.807, 2.05) is 24.4 Å². The van der Waals surface area contributed by atoms with Crippen molar-refractivity contribution in [2.45, 2.75) is 25.4 Å². The molecule has 2 atom stereocenters. The number of carbonyl (C=O) groups excluding carboxylic acids is 1. The number of aliphatic hydroxyl groups is 1. The Morgan fingerprint density at radius 1 is 1.53 bits per heavy atom. The van der Waals surface area contributed by atoms with Crippen LogP contribution in [0.25, 0.3) is 0 Å². The third-order valence-electron chi connectivity index (χ3n) is 3.02. The highest BCUT2D eigenvalue weighted by Gasteiger charge is 2.28.